The third-order valence-electron chi connectivity index (χ3n) is 3.69. The van der Waals surface area contributed by atoms with Gasteiger partial charge in [-0.3, -0.25) is 4.68 Å². The predicted molar refractivity (Wildman–Crippen MR) is 84.1 cm³/mol. The van der Waals surface area contributed by atoms with Crippen LogP contribution in [0.3, 0.4) is 0 Å². The SMILES string of the molecule is [CH2]/C=C1\CCCc2cnn(Cc3ccc(Cl)cc3Cl)c21. The van der Waals surface area contributed by atoms with Crippen LogP contribution in [0.5, 0.6) is 0 Å². The molecule has 103 valence electrons. The number of halogens is 2. The van der Waals surface area contributed by atoms with Crippen molar-refractivity contribution in [2.75, 3.05) is 0 Å². The molecule has 0 N–H and O–H groups in total. The third-order valence-corrected chi connectivity index (χ3v) is 4.28. The Labute approximate surface area is 129 Å². The Morgan fingerprint density at radius 1 is 1.30 bits per heavy atom. The van der Waals surface area contributed by atoms with Gasteiger partial charge in [-0.25, -0.2) is 0 Å². The van der Waals surface area contributed by atoms with Gasteiger partial charge in [0.05, 0.1) is 18.4 Å². The van der Waals surface area contributed by atoms with Crippen LogP contribution in [0.25, 0.3) is 5.57 Å². The highest BCUT2D eigenvalue weighted by atomic mass is 35.5. The number of rotatable bonds is 2. The van der Waals surface area contributed by atoms with E-state index < -0.39 is 0 Å². The van der Waals surface area contributed by atoms with E-state index in [1.165, 1.54) is 23.3 Å². The number of fused-ring (bicyclic) bond motifs is 1. The van der Waals surface area contributed by atoms with Crippen LogP contribution in [0.15, 0.2) is 30.5 Å². The van der Waals surface area contributed by atoms with Crippen molar-refractivity contribution in [2.24, 2.45) is 0 Å². The highest BCUT2D eigenvalue weighted by Gasteiger charge is 2.19. The molecule has 0 aliphatic heterocycles. The quantitative estimate of drug-likeness (QED) is 0.780. The molecule has 1 aromatic carbocycles. The van der Waals surface area contributed by atoms with Gasteiger partial charge >= 0.3 is 0 Å². The summed E-state index contributed by atoms with van der Waals surface area (Å²) < 4.78 is 2.01. The number of aryl methyl sites for hydroxylation is 1. The zero-order valence-corrected chi connectivity index (χ0v) is 12.6. The third kappa shape index (κ3) is 2.50. The Morgan fingerprint density at radius 2 is 2.15 bits per heavy atom. The second-order valence-corrected chi connectivity index (χ2v) is 5.84. The van der Waals surface area contributed by atoms with Gasteiger partial charge in [0, 0.05) is 10.0 Å². The highest BCUT2D eigenvalue weighted by Crippen LogP contribution is 2.31. The second-order valence-electron chi connectivity index (χ2n) is 4.99. The lowest BCUT2D eigenvalue weighted by atomic mass is 9.93. The van der Waals surface area contributed by atoms with Gasteiger partial charge in [-0.1, -0.05) is 35.3 Å². The summed E-state index contributed by atoms with van der Waals surface area (Å²) in [4.78, 5) is 0. The minimum atomic E-state index is 0.652. The van der Waals surface area contributed by atoms with Crippen LogP contribution in [0.2, 0.25) is 10.0 Å². The van der Waals surface area contributed by atoms with Crippen molar-refractivity contribution in [2.45, 2.75) is 25.8 Å². The van der Waals surface area contributed by atoms with E-state index >= 15 is 0 Å². The first-order chi connectivity index (χ1) is 9.69. The normalized spacial score (nSPS) is 16.4. The summed E-state index contributed by atoms with van der Waals surface area (Å²) in [5.41, 5.74) is 4.80. The summed E-state index contributed by atoms with van der Waals surface area (Å²) in [6.07, 6.45) is 7.22. The molecule has 0 fully saturated rings. The van der Waals surface area contributed by atoms with Gasteiger partial charge in [0.1, 0.15) is 0 Å². The first-order valence-electron chi connectivity index (χ1n) is 6.66. The van der Waals surface area contributed by atoms with Crippen molar-refractivity contribution in [3.05, 3.63) is 64.3 Å². The van der Waals surface area contributed by atoms with Crippen LogP contribution >= 0.6 is 23.2 Å². The van der Waals surface area contributed by atoms with Crippen LogP contribution in [0.4, 0.5) is 0 Å². The Bertz CT molecular complexity index is 671. The number of hydrogen-bond acceptors (Lipinski definition) is 1. The molecule has 0 saturated heterocycles. The maximum absolute atomic E-state index is 6.25. The van der Waals surface area contributed by atoms with Gasteiger partial charge < -0.3 is 0 Å². The molecular formula is C16H15Cl2N2. The van der Waals surface area contributed by atoms with Crippen molar-refractivity contribution in [3.8, 4) is 0 Å². The Morgan fingerprint density at radius 3 is 2.90 bits per heavy atom. The Balaban J connectivity index is 1.98. The molecule has 1 aromatic heterocycles. The van der Waals surface area contributed by atoms with Gasteiger partial charge in [0.15, 0.2) is 0 Å². The molecule has 3 rings (SSSR count). The minimum Gasteiger partial charge on any atom is -0.260 e. The number of hydrogen-bond donors (Lipinski definition) is 0. The maximum Gasteiger partial charge on any atom is 0.0681 e. The van der Waals surface area contributed by atoms with Crippen LogP contribution in [-0.2, 0) is 13.0 Å². The molecule has 2 aromatic rings. The van der Waals surface area contributed by atoms with Gasteiger partial charge in [-0.05, 0) is 55.0 Å². The first-order valence-corrected chi connectivity index (χ1v) is 7.42. The molecular weight excluding hydrogens is 291 g/mol. The molecule has 0 saturated carbocycles. The molecule has 1 radical (unpaired) electrons. The Kier molecular flexibility index (Phi) is 3.86. The molecule has 1 aliphatic rings. The lowest BCUT2D eigenvalue weighted by molar-refractivity contribution is 0.666. The van der Waals surface area contributed by atoms with Crippen molar-refractivity contribution in [1.82, 2.24) is 9.78 Å². The predicted octanol–water partition coefficient (Wildman–Crippen LogP) is 4.79. The van der Waals surface area contributed by atoms with Crippen LogP contribution in [-0.4, -0.2) is 9.78 Å². The molecule has 1 aliphatic carbocycles. The van der Waals surface area contributed by atoms with Crippen LogP contribution in [0.1, 0.15) is 29.7 Å². The van der Waals surface area contributed by atoms with E-state index in [1.54, 1.807) is 6.07 Å². The average molecular weight is 306 g/mol. The van der Waals surface area contributed by atoms with Gasteiger partial charge in [-0.2, -0.15) is 5.10 Å². The van der Waals surface area contributed by atoms with Crippen LogP contribution < -0.4 is 0 Å². The van der Waals surface area contributed by atoms with Crippen molar-refractivity contribution in [1.29, 1.82) is 0 Å². The summed E-state index contributed by atoms with van der Waals surface area (Å²) in [6, 6.07) is 5.58. The van der Waals surface area contributed by atoms with Gasteiger partial charge in [0.2, 0.25) is 0 Å². The lowest BCUT2D eigenvalue weighted by Gasteiger charge is -2.18. The molecule has 0 bridgehead atoms. The van der Waals surface area contributed by atoms with Gasteiger partial charge in [-0.15, -0.1) is 0 Å². The van der Waals surface area contributed by atoms with E-state index in [-0.39, 0.29) is 0 Å². The summed E-state index contributed by atoms with van der Waals surface area (Å²) in [5.74, 6) is 0. The first kappa shape index (κ1) is 13.7. The molecule has 0 unspecified atom stereocenters. The zero-order chi connectivity index (χ0) is 14.1. The van der Waals surface area contributed by atoms with E-state index in [0.717, 1.165) is 18.4 Å². The van der Waals surface area contributed by atoms with E-state index in [0.29, 0.717) is 16.6 Å². The fraction of sp³-hybridized carbons (Fsp3) is 0.250. The fourth-order valence-corrected chi connectivity index (χ4v) is 3.16. The summed E-state index contributed by atoms with van der Waals surface area (Å²) in [6.45, 7) is 4.57. The Hall–Kier alpha value is -1.25. The minimum absolute atomic E-state index is 0.652. The number of allylic oxidation sites excluding steroid dienone is 2. The van der Waals surface area contributed by atoms with Crippen molar-refractivity contribution in [3.63, 3.8) is 0 Å². The monoisotopic (exact) mass is 305 g/mol. The van der Waals surface area contributed by atoms with Gasteiger partial charge in [0.25, 0.3) is 0 Å². The summed E-state index contributed by atoms with van der Waals surface area (Å²) in [5, 5.41) is 5.84. The fourth-order valence-electron chi connectivity index (χ4n) is 2.70. The molecule has 20 heavy (non-hydrogen) atoms. The number of benzene rings is 1. The zero-order valence-electron chi connectivity index (χ0n) is 11.1. The molecule has 2 nitrogen and oxygen atoms in total. The topological polar surface area (TPSA) is 17.8 Å². The second kappa shape index (κ2) is 5.63. The lowest BCUT2D eigenvalue weighted by Crippen LogP contribution is -2.10. The largest absolute Gasteiger partial charge is 0.260 e. The highest BCUT2D eigenvalue weighted by molar-refractivity contribution is 6.35. The smallest absolute Gasteiger partial charge is 0.0681 e. The summed E-state index contributed by atoms with van der Waals surface area (Å²) in [7, 11) is 0. The van der Waals surface area contributed by atoms with E-state index in [2.05, 4.69) is 12.0 Å². The molecule has 0 amide bonds. The number of nitrogens with zero attached hydrogens (tertiary/aromatic N) is 2. The standard InChI is InChI=1S/C16H15Cl2N2/c1-2-11-4-3-5-12-9-19-20(16(11)12)10-13-6-7-14(17)8-15(13)18/h2,6-9H,1,3-5,10H2/b11-2+. The average Bonchev–Trinajstić information content (AvgIpc) is 2.85. The summed E-state index contributed by atoms with van der Waals surface area (Å²) >= 11 is 12.2. The molecule has 1 heterocycles. The molecule has 0 spiro atoms. The van der Waals surface area contributed by atoms with E-state index in [9.17, 15) is 0 Å². The van der Waals surface area contributed by atoms with Crippen molar-refractivity contribution < 1.29 is 0 Å². The van der Waals surface area contributed by atoms with Crippen LogP contribution in [0, 0.1) is 6.92 Å². The molecule has 4 heteroatoms. The van der Waals surface area contributed by atoms with Crippen molar-refractivity contribution >= 4 is 28.8 Å². The molecule has 0 atom stereocenters. The number of aromatic nitrogens is 2. The van der Waals surface area contributed by atoms with E-state index in [1.807, 2.05) is 29.1 Å². The maximum atomic E-state index is 6.25. The van der Waals surface area contributed by atoms with E-state index in [4.69, 9.17) is 23.2 Å².